The number of fused-ring (bicyclic) bond motifs is 1. The van der Waals surface area contributed by atoms with Crippen LogP contribution in [-0.2, 0) is 6.18 Å². The summed E-state index contributed by atoms with van der Waals surface area (Å²) in [6.45, 7) is 0.104. The fourth-order valence-corrected chi connectivity index (χ4v) is 1.65. The van der Waals surface area contributed by atoms with Crippen LogP contribution < -0.4 is 5.32 Å². The van der Waals surface area contributed by atoms with Gasteiger partial charge in [-0.3, -0.25) is 0 Å². The van der Waals surface area contributed by atoms with Gasteiger partial charge in [-0.2, -0.15) is 13.2 Å². The van der Waals surface area contributed by atoms with E-state index in [2.05, 4.69) is 15.3 Å². The molecular formula is C12H11F4N3O. The number of aromatic nitrogens is 2. The minimum atomic E-state index is -4.68. The molecule has 1 heterocycles. The van der Waals surface area contributed by atoms with Crippen molar-refractivity contribution in [2.24, 2.45) is 0 Å². The number of hydrogen-bond donors (Lipinski definition) is 2. The van der Waals surface area contributed by atoms with Gasteiger partial charge in [-0.1, -0.05) is 0 Å². The molecule has 2 rings (SSSR count). The smallest absolute Gasteiger partial charge is 0.396 e. The number of anilines is 1. The summed E-state index contributed by atoms with van der Waals surface area (Å²) in [4.78, 5) is 6.77. The lowest BCUT2D eigenvalue weighted by atomic mass is 10.2. The van der Waals surface area contributed by atoms with Crippen molar-refractivity contribution in [3.63, 3.8) is 0 Å². The molecule has 0 unspecified atom stereocenters. The molecule has 0 aliphatic heterocycles. The lowest BCUT2D eigenvalue weighted by Crippen LogP contribution is -2.14. The fourth-order valence-electron chi connectivity index (χ4n) is 1.65. The van der Waals surface area contributed by atoms with Crippen LogP contribution in [0.25, 0.3) is 10.9 Å². The molecule has 0 spiro atoms. The Balaban J connectivity index is 2.51. The maximum Gasteiger partial charge on any atom is 0.451 e. The normalized spacial score (nSPS) is 11.8. The quantitative estimate of drug-likeness (QED) is 0.671. The van der Waals surface area contributed by atoms with Crippen LogP contribution in [0.3, 0.4) is 0 Å². The van der Waals surface area contributed by atoms with E-state index in [1.54, 1.807) is 0 Å². The SMILES string of the molecule is OCCCNc1nc(C(F)(F)F)nc2ccc(F)cc12. The maximum absolute atomic E-state index is 13.2. The molecule has 1 aromatic carbocycles. The number of nitrogens with zero attached hydrogens (tertiary/aromatic N) is 2. The summed E-state index contributed by atoms with van der Waals surface area (Å²) in [6, 6.07) is 3.27. The number of aliphatic hydroxyl groups is 1. The van der Waals surface area contributed by atoms with Crippen LogP contribution in [0.1, 0.15) is 12.2 Å². The summed E-state index contributed by atoms with van der Waals surface area (Å²) in [5.74, 6) is -1.98. The average Bonchev–Trinajstić information content (AvgIpc) is 2.38. The molecule has 0 radical (unpaired) electrons. The topological polar surface area (TPSA) is 58.0 Å². The summed E-state index contributed by atoms with van der Waals surface area (Å²) < 4.78 is 51.3. The zero-order valence-corrected chi connectivity index (χ0v) is 10.2. The molecule has 2 aromatic rings. The van der Waals surface area contributed by atoms with Gasteiger partial charge in [0.25, 0.3) is 0 Å². The van der Waals surface area contributed by atoms with Gasteiger partial charge in [0.2, 0.25) is 5.82 Å². The zero-order chi connectivity index (χ0) is 14.8. The predicted octanol–water partition coefficient (Wildman–Crippen LogP) is 2.58. The van der Waals surface area contributed by atoms with Crippen molar-refractivity contribution in [3.05, 3.63) is 29.8 Å². The van der Waals surface area contributed by atoms with Crippen molar-refractivity contribution < 1.29 is 22.7 Å². The highest BCUT2D eigenvalue weighted by Crippen LogP contribution is 2.30. The molecule has 20 heavy (non-hydrogen) atoms. The highest BCUT2D eigenvalue weighted by Gasteiger charge is 2.35. The molecule has 0 bridgehead atoms. The maximum atomic E-state index is 13.2. The first kappa shape index (κ1) is 14.4. The Morgan fingerprint density at radius 3 is 2.60 bits per heavy atom. The second kappa shape index (κ2) is 5.58. The lowest BCUT2D eigenvalue weighted by Gasteiger charge is -2.12. The van der Waals surface area contributed by atoms with Gasteiger partial charge >= 0.3 is 6.18 Å². The summed E-state index contributed by atoms with van der Waals surface area (Å²) in [5.41, 5.74) is 0.000207. The molecule has 0 fully saturated rings. The summed E-state index contributed by atoms with van der Waals surface area (Å²) in [5, 5.41) is 11.5. The predicted molar refractivity (Wildman–Crippen MR) is 64.7 cm³/mol. The molecule has 4 nitrogen and oxygen atoms in total. The summed E-state index contributed by atoms with van der Waals surface area (Å²) >= 11 is 0. The molecule has 0 aliphatic rings. The van der Waals surface area contributed by atoms with Gasteiger partial charge in [-0.25, -0.2) is 14.4 Å². The standard InChI is InChI=1S/C12H11F4N3O/c13-7-2-3-9-8(6-7)10(17-4-1-5-20)19-11(18-9)12(14,15)16/h2-3,6,20H,1,4-5H2,(H,17,18,19). The van der Waals surface area contributed by atoms with Gasteiger partial charge in [-0.05, 0) is 24.6 Å². The minimum absolute atomic E-state index is 0.000207. The van der Waals surface area contributed by atoms with E-state index in [4.69, 9.17) is 5.11 Å². The Morgan fingerprint density at radius 2 is 1.95 bits per heavy atom. The van der Waals surface area contributed by atoms with Crippen LogP contribution >= 0.6 is 0 Å². The number of benzene rings is 1. The van der Waals surface area contributed by atoms with Crippen molar-refractivity contribution in [1.82, 2.24) is 9.97 Å². The molecule has 0 atom stereocenters. The number of hydrogen-bond acceptors (Lipinski definition) is 4. The van der Waals surface area contributed by atoms with E-state index in [0.717, 1.165) is 12.1 Å². The Bertz CT molecular complexity index is 615. The number of halogens is 4. The van der Waals surface area contributed by atoms with E-state index >= 15 is 0 Å². The van der Waals surface area contributed by atoms with Gasteiger partial charge in [0, 0.05) is 18.5 Å². The number of nitrogens with one attached hydrogen (secondary N) is 1. The largest absolute Gasteiger partial charge is 0.451 e. The van der Waals surface area contributed by atoms with Gasteiger partial charge < -0.3 is 10.4 Å². The number of alkyl halides is 3. The van der Waals surface area contributed by atoms with Crippen molar-refractivity contribution in [2.45, 2.75) is 12.6 Å². The Morgan fingerprint density at radius 1 is 1.20 bits per heavy atom. The number of aliphatic hydroxyl groups excluding tert-OH is 1. The highest BCUT2D eigenvalue weighted by molar-refractivity contribution is 5.89. The summed E-state index contributed by atoms with van der Waals surface area (Å²) in [6.07, 6.45) is -4.35. The van der Waals surface area contributed by atoms with E-state index in [9.17, 15) is 17.6 Å². The second-order valence-corrected chi connectivity index (χ2v) is 4.06. The molecule has 0 amide bonds. The molecule has 2 N–H and O–H groups in total. The van der Waals surface area contributed by atoms with E-state index < -0.39 is 17.8 Å². The zero-order valence-electron chi connectivity index (χ0n) is 10.2. The molecule has 0 saturated heterocycles. The van der Waals surface area contributed by atoms with E-state index in [0.29, 0.717) is 6.42 Å². The number of rotatable bonds is 4. The molecule has 1 aromatic heterocycles. The van der Waals surface area contributed by atoms with Crippen molar-refractivity contribution in [3.8, 4) is 0 Å². The van der Waals surface area contributed by atoms with Crippen molar-refractivity contribution in [1.29, 1.82) is 0 Å². The average molecular weight is 289 g/mol. The summed E-state index contributed by atoms with van der Waals surface area (Å²) in [7, 11) is 0. The van der Waals surface area contributed by atoms with Crippen LogP contribution in [0, 0.1) is 5.82 Å². The third-order valence-electron chi connectivity index (χ3n) is 2.54. The van der Waals surface area contributed by atoms with Crippen LogP contribution in [0.15, 0.2) is 18.2 Å². The Hall–Kier alpha value is -1.96. The second-order valence-electron chi connectivity index (χ2n) is 4.06. The first-order valence-electron chi connectivity index (χ1n) is 5.81. The first-order valence-corrected chi connectivity index (χ1v) is 5.81. The fraction of sp³-hybridized carbons (Fsp3) is 0.333. The molecule has 0 aliphatic carbocycles. The van der Waals surface area contributed by atoms with Crippen LogP contribution in [0.5, 0.6) is 0 Å². The van der Waals surface area contributed by atoms with Crippen LogP contribution in [0.4, 0.5) is 23.4 Å². The van der Waals surface area contributed by atoms with Crippen LogP contribution in [0.2, 0.25) is 0 Å². The Kier molecular flexibility index (Phi) is 4.03. The molecule has 8 heteroatoms. The van der Waals surface area contributed by atoms with Crippen molar-refractivity contribution in [2.75, 3.05) is 18.5 Å². The lowest BCUT2D eigenvalue weighted by molar-refractivity contribution is -0.144. The highest BCUT2D eigenvalue weighted by atomic mass is 19.4. The molecular weight excluding hydrogens is 278 g/mol. The first-order chi connectivity index (χ1) is 9.41. The van der Waals surface area contributed by atoms with Gasteiger partial charge in [-0.15, -0.1) is 0 Å². The van der Waals surface area contributed by atoms with E-state index in [1.165, 1.54) is 6.07 Å². The van der Waals surface area contributed by atoms with Gasteiger partial charge in [0.15, 0.2) is 0 Å². The monoisotopic (exact) mass is 289 g/mol. The Labute approximate surface area is 111 Å². The van der Waals surface area contributed by atoms with Crippen LogP contribution in [-0.4, -0.2) is 28.2 Å². The third-order valence-corrected chi connectivity index (χ3v) is 2.54. The van der Waals surface area contributed by atoms with Crippen molar-refractivity contribution >= 4 is 16.7 Å². The molecule has 0 saturated carbocycles. The third kappa shape index (κ3) is 3.13. The van der Waals surface area contributed by atoms with Gasteiger partial charge in [0.05, 0.1) is 5.52 Å². The molecule has 108 valence electrons. The van der Waals surface area contributed by atoms with E-state index in [-0.39, 0.29) is 29.9 Å². The van der Waals surface area contributed by atoms with Gasteiger partial charge in [0.1, 0.15) is 11.6 Å². The van der Waals surface area contributed by atoms with E-state index in [1.807, 2.05) is 0 Å². The minimum Gasteiger partial charge on any atom is -0.396 e.